The van der Waals surface area contributed by atoms with Crippen LogP contribution >= 0.6 is 0 Å². The average Bonchev–Trinajstić information content (AvgIpc) is 2.63. The van der Waals surface area contributed by atoms with Crippen molar-refractivity contribution in [1.82, 2.24) is 0 Å². The van der Waals surface area contributed by atoms with Gasteiger partial charge in [0.15, 0.2) is 0 Å². The molecular weight excluding hydrogens is 308 g/mol. The van der Waals surface area contributed by atoms with Crippen molar-refractivity contribution in [3.8, 4) is 11.5 Å². The molecule has 0 saturated heterocycles. The molecule has 1 atom stereocenters. The van der Waals surface area contributed by atoms with Gasteiger partial charge in [-0.1, -0.05) is 54.6 Å². The van der Waals surface area contributed by atoms with Crippen molar-refractivity contribution in [1.29, 1.82) is 0 Å². The Morgan fingerprint density at radius 3 is 2.25 bits per heavy atom. The molecule has 0 aliphatic heterocycles. The summed E-state index contributed by atoms with van der Waals surface area (Å²) in [7, 11) is 1.42. The number of esters is 1. The maximum Gasteiger partial charge on any atom is 0.344 e. The highest BCUT2D eigenvalue weighted by Crippen LogP contribution is 2.36. The van der Waals surface area contributed by atoms with Crippen molar-refractivity contribution in [2.75, 3.05) is 7.11 Å². The Balaban J connectivity index is 1.95. The third-order valence-electron chi connectivity index (χ3n) is 3.71. The van der Waals surface area contributed by atoms with Gasteiger partial charge in [-0.3, -0.25) is 0 Å². The Morgan fingerprint density at radius 1 is 0.958 bits per heavy atom. The third-order valence-corrected chi connectivity index (χ3v) is 3.71. The fourth-order valence-electron chi connectivity index (χ4n) is 2.52. The lowest BCUT2D eigenvalue weighted by molar-refractivity contribution is -0.0928. The van der Waals surface area contributed by atoms with Gasteiger partial charge in [-0.2, -0.15) is 0 Å². The number of aromatic hydroxyl groups is 2. The lowest BCUT2D eigenvalue weighted by Gasteiger charge is -2.17. The summed E-state index contributed by atoms with van der Waals surface area (Å²) in [6.07, 6.45) is -0.910. The normalized spacial score (nSPS) is 12.0. The summed E-state index contributed by atoms with van der Waals surface area (Å²) in [4.78, 5) is 12.4. The molecule has 3 aromatic carbocycles. The summed E-state index contributed by atoms with van der Waals surface area (Å²) in [6.45, 7) is 0. The molecule has 5 nitrogen and oxygen atoms in total. The molecule has 0 saturated carbocycles. The molecule has 0 aromatic heterocycles. The standard InChI is InChI=1S/C19H16O5/c1-23-19(12-7-3-2-4-8-12)24-18(22)15-11-16(20)13-9-5-6-10-14(13)17(15)21/h2-11,19-21H,1H3. The Bertz CT molecular complexity index is 874. The fourth-order valence-corrected chi connectivity index (χ4v) is 2.52. The number of carbonyl (C=O) groups is 1. The molecule has 0 spiro atoms. The average molecular weight is 324 g/mol. The molecular formula is C19H16O5. The topological polar surface area (TPSA) is 76.0 Å². The number of hydrogen-bond acceptors (Lipinski definition) is 5. The molecule has 0 fully saturated rings. The number of ether oxygens (including phenoxy) is 2. The van der Waals surface area contributed by atoms with Crippen LogP contribution in [0.5, 0.6) is 11.5 Å². The minimum absolute atomic E-state index is 0.107. The monoisotopic (exact) mass is 324 g/mol. The van der Waals surface area contributed by atoms with Crippen molar-refractivity contribution < 1.29 is 24.5 Å². The highest BCUT2D eigenvalue weighted by molar-refractivity contribution is 6.03. The van der Waals surface area contributed by atoms with E-state index in [4.69, 9.17) is 9.47 Å². The second-order valence-electron chi connectivity index (χ2n) is 5.22. The van der Waals surface area contributed by atoms with E-state index in [1.807, 2.05) is 6.07 Å². The van der Waals surface area contributed by atoms with Crippen LogP contribution in [0.15, 0.2) is 60.7 Å². The van der Waals surface area contributed by atoms with Crippen molar-refractivity contribution in [2.45, 2.75) is 6.29 Å². The zero-order chi connectivity index (χ0) is 17.1. The van der Waals surface area contributed by atoms with Gasteiger partial charge in [-0.05, 0) is 6.07 Å². The van der Waals surface area contributed by atoms with Gasteiger partial charge < -0.3 is 19.7 Å². The van der Waals surface area contributed by atoms with Gasteiger partial charge in [0.05, 0.1) is 0 Å². The van der Waals surface area contributed by atoms with Gasteiger partial charge in [-0.15, -0.1) is 0 Å². The highest BCUT2D eigenvalue weighted by Gasteiger charge is 2.22. The minimum Gasteiger partial charge on any atom is -0.507 e. The molecule has 24 heavy (non-hydrogen) atoms. The summed E-state index contributed by atoms with van der Waals surface area (Å²) >= 11 is 0. The van der Waals surface area contributed by atoms with Crippen LogP contribution in [0, 0.1) is 0 Å². The zero-order valence-electron chi connectivity index (χ0n) is 13.0. The summed E-state index contributed by atoms with van der Waals surface area (Å²) < 4.78 is 10.5. The van der Waals surface area contributed by atoms with Gasteiger partial charge >= 0.3 is 5.97 Å². The van der Waals surface area contributed by atoms with Crippen LogP contribution in [-0.2, 0) is 9.47 Å². The van der Waals surface area contributed by atoms with Crippen LogP contribution in [0.1, 0.15) is 22.2 Å². The predicted molar refractivity (Wildman–Crippen MR) is 88.9 cm³/mol. The van der Waals surface area contributed by atoms with Crippen molar-refractivity contribution in [3.05, 3.63) is 71.8 Å². The first kappa shape index (κ1) is 15.8. The van der Waals surface area contributed by atoms with E-state index in [2.05, 4.69) is 0 Å². The minimum atomic E-state index is -0.910. The number of phenolic OH excluding ortho intramolecular Hbond substituents is 2. The maximum atomic E-state index is 12.4. The number of benzene rings is 3. The van der Waals surface area contributed by atoms with Crippen molar-refractivity contribution >= 4 is 16.7 Å². The van der Waals surface area contributed by atoms with Crippen LogP contribution in [0.2, 0.25) is 0 Å². The van der Waals surface area contributed by atoms with Gasteiger partial charge in [0.25, 0.3) is 0 Å². The summed E-state index contributed by atoms with van der Waals surface area (Å²) in [5.74, 6) is -1.13. The van der Waals surface area contributed by atoms with Gasteiger partial charge in [0.2, 0.25) is 6.29 Å². The van der Waals surface area contributed by atoms with Gasteiger partial charge in [0.1, 0.15) is 17.1 Å². The second-order valence-corrected chi connectivity index (χ2v) is 5.22. The number of methoxy groups -OCH3 is 1. The van der Waals surface area contributed by atoms with E-state index in [9.17, 15) is 15.0 Å². The van der Waals surface area contributed by atoms with Crippen LogP contribution in [0.3, 0.4) is 0 Å². The molecule has 0 bridgehead atoms. The van der Waals surface area contributed by atoms with E-state index in [0.29, 0.717) is 16.3 Å². The van der Waals surface area contributed by atoms with Gasteiger partial charge in [0, 0.05) is 23.4 Å². The van der Waals surface area contributed by atoms with E-state index in [0.717, 1.165) is 0 Å². The first-order valence-corrected chi connectivity index (χ1v) is 7.34. The quantitative estimate of drug-likeness (QED) is 0.434. The van der Waals surface area contributed by atoms with Crippen LogP contribution in [0.4, 0.5) is 0 Å². The van der Waals surface area contributed by atoms with Crippen molar-refractivity contribution in [3.63, 3.8) is 0 Å². The van der Waals surface area contributed by atoms with E-state index < -0.39 is 12.3 Å². The molecule has 3 rings (SSSR count). The molecule has 0 aliphatic rings. The Hall–Kier alpha value is -3.05. The highest BCUT2D eigenvalue weighted by atomic mass is 16.7. The molecule has 122 valence electrons. The fraction of sp³-hybridized carbons (Fsp3) is 0.105. The summed E-state index contributed by atoms with van der Waals surface area (Å²) in [6, 6.07) is 16.9. The Kier molecular flexibility index (Phi) is 4.35. The number of hydrogen-bond donors (Lipinski definition) is 2. The molecule has 0 radical (unpaired) electrons. The Labute approximate surface area is 138 Å². The predicted octanol–water partition coefficient (Wildman–Crippen LogP) is 3.75. The number of fused-ring (bicyclic) bond motifs is 1. The summed E-state index contributed by atoms with van der Waals surface area (Å²) in [5, 5.41) is 21.3. The number of rotatable bonds is 4. The smallest absolute Gasteiger partial charge is 0.344 e. The van der Waals surface area contributed by atoms with Gasteiger partial charge in [-0.25, -0.2) is 4.79 Å². The molecule has 3 aromatic rings. The first-order chi connectivity index (χ1) is 11.6. The number of phenols is 2. The van der Waals surface area contributed by atoms with Crippen LogP contribution < -0.4 is 0 Å². The molecule has 2 N–H and O–H groups in total. The van der Waals surface area contributed by atoms with E-state index >= 15 is 0 Å². The third kappa shape index (κ3) is 2.89. The largest absolute Gasteiger partial charge is 0.507 e. The van der Waals surface area contributed by atoms with Crippen LogP contribution in [-0.4, -0.2) is 23.3 Å². The van der Waals surface area contributed by atoms with Crippen molar-refractivity contribution in [2.24, 2.45) is 0 Å². The lowest BCUT2D eigenvalue weighted by atomic mass is 10.0. The lowest BCUT2D eigenvalue weighted by Crippen LogP contribution is -2.13. The van der Waals surface area contributed by atoms with E-state index in [1.165, 1.54) is 13.2 Å². The van der Waals surface area contributed by atoms with Crippen LogP contribution in [0.25, 0.3) is 10.8 Å². The molecule has 0 amide bonds. The van der Waals surface area contributed by atoms with E-state index in [-0.39, 0.29) is 17.1 Å². The molecule has 0 aliphatic carbocycles. The molecule has 1 unspecified atom stereocenters. The molecule has 5 heteroatoms. The van der Waals surface area contributed by atoms with E-state index in [1.54, 1.807) is 48.5 Å². The zero-order valence-corrected chi connectivity index (χ0v) is 13.0. The number of carbonyl (C=O) groups excluding carboxylic acids is 1. The maximum absolute atomic E-state index is 12.4. The second kappa shape index (κ2) is 6.60. The summed E-state index contributed by atoms with van der Waals surface area (Å²) in [5.41, 5.74) is 0.544. The first-order valence-electron chi connectivity index (χ1n) is 7.34. The Morgan fingerprint density at radius 2 is 1.58 bits per heavy atom. The molecule has 0 heterocycles. The SMILES string of the molecule is COC(OC(=O)c1cc(O)c2ccccc2c1O)c1ccccc1.